The molecule has 0 saturated carbocycles. The van der Waals surface area contributed by atoms with Gasteiger partial charge in [0.25, 0.3) is 0 Å². The summed E-state index contributed by atoms with van der Waals surface area (Å²) in [7, 11) is 0. The van der Waals surface area contributed by atoms with Crippen LogP contribution < -0.4 is 0 Å². The van der Waals surface area contributed by atoms with Gasteiger partial charge in [-0.3, -0.25) is 4.79 Å². The first kappa shape index (κ1) is 19.2. The molecule has 0 radical (unpaired) electrons. The van der Waals surface area contributed by atoms with Gasteiger partial charge in [-0.05, 0) is 19.3 Å². The first-order chi connectivity index (χ1) is 10.9. The van der Waals surface area contributed by atoms with Crippen molar-refractivity contribution in [3.8, 4) is 0 Å². The molecule has 1 rings (SSSR count). The second-order valence-electron chi connectivity index (χ2n) is 5.83. The van der Waals surface area contributed by atoms with Gasteiger partial charge in [0.05, 0.1) is 0 Å². The van der Waals surface area contributed by atoms with Crippen LogP contribution in [-0.4, -0.2) is 44.9 Å². The quantitative estimate of drug-likeness (QED) is 0.300. The van der Waals surface area contributed by atoms with E-state index in [9.17, 15) is 19.5 Å². The fraction of sp³-hybridized carbons (Fsp3) is 0.688. The van der Waals surface area contributed by atoms with Crippen molar-refractivity contribution in [1.82, 2.24) is 0 Å². The maximum Gasteiger partial charge on any atom is 0.348 e. The van der Waals surface area contributed by atoms with Gasteiger partial charge in [-0.25, -0.2) is 9.59 Å². The second-order valence-corrected chi connectivity index (χ2v) is 5.83. The minimum absolute atomic E-state index is 0.0953. The largest absolute Gasteiger partial charge is 0.479 e. The fourth-order valence-corrected chi connectivity index (χ4v) is 2.83. The van der Waals surface area contributed by atoms with Gasteiger partial charge >= 0.3 is 17.9 Å². The molecule has 1 aliphatic rings. The summed E-state index contributed by atoms with van der Waals surface area (Å²) in [6.07, 6.45) is 6.34. The van der Waals surface area contributed by atoms with E-state index in [4.69, 9.17) is 10.2 Å². The molecule has 0 aromatic carbocycles. The Bertz CT molecular complexity index is 459. The van der Waals surface area contributed by atoms with Crippen molar-refractivity contribution in [2.75, 3.05) is 0 Å². The number of cyclic esters (lactones) is 1. The normalized spacial score (nSPS) is 26.7. The monoisotopic (exact) mass is 328 g/mol. The average molecular weight is 328 g/mol. The number of unbranched alkanes of at least 4 members (excludes halogenated alkanes) is 6. The zero-order valence-electron chi connectivity index (χ0n) is 13.1. The standard InChI is InChI=1S/C16H24O7/c1-2-3-4-5-6-7-8-9-10-11-14(19)23-12(13(17)18)16(11,22)15(20)21/h2,11-12,22H,1,3-10H2,(H,17,18)(H,20,21)/t11-,12-,16-/m1/s1. The van der Waals surface area contributed by atoms with Crippen LogP contribution in [0.3, 0.4) is 0 Å². The Kier molecular flexibility index (Phi) is 7.22. The van der Waals surface area contributed by atoms with Crippen molar-refractivity contribution in [3.05, 3.63) is 12.7 Å². The summed E-state index contributed by atoms with van der Waals surface area (Å²) in [5, 5.41) is 28.3. The third kappa shape index (κ3) is 4.54. The van der Waals surface area contributed by atoms with E-state index in [0.717, 1.165) is 38.5 Å². The van der Waals surface area contributed by atoms with Crippen molar-refractivity contribution in [3.63, 3.8) is 0 Å². The van der Waals surface area contributed by atoms with Gasteiger partial charge in [-0.1, -0.05) is 38.2 Å². The minimum atomic E-state index is -2.70. The lowest BCUT2D eigenvalue weighted by Crippen LogP contribution is -2.54. The van der Waals surface area contributed by atoms with E-state index in [1.807, 2.05) is 6.08 Å². The summed E-state index contributed by atoms with van der Waals surface area (Å²) in [6, 6.07) is 0. The van der Waals surface area contributed by atoms with Gasteiger partial charge in [0.2, 0.25) is 11.7 Å². The molecule has 3 atom stereocenters. The van der Waals surface area contributed by atoms with Gasteiger partial charge < -0.3 is 20.1 Å². The van der Waals surface area contributed by atoms with Crippen molar-refractivity contribution in [2.24, 2.45) is 5.92 Å². The van der Waals surface area contributed by atoms with Crippen molar-refractivity contribution < 1.29 is 34.4 Å². The number of hydrogen-bond acceptors (Lipinski definition) is 5. The van der Waals surface area contributed by atoms with Gasteiger partial charge in [-0.15, -0.1) is 6.58 Å². The summed E-state index contributed by atoms with van der Waals surface area (Å²) in [5.41, 5.74) is -2.70. The molecule has 1 saturated heterocycles. The van der Waals surface area contributed by atoms with E-state index in [1.165, 1.54) is 0 Å². The molecular weight excluding hydrogens is 304 g/mol. The van der Waals surface area contributed by atoms with Crippen LogP contribution in [0.15, 0.2) is 12.7 Å². The third-order valence-corrected chi connectivity index (χ3v) is 4.17. The summed E-state index contributed by atoms with van der Waals surface area (Å²) in [5.74, 6) is -5.71. The highest BCUT2D eigenvalue weighted by Crippen LogP contribution is 2.36. The Morgan fingerprint density at radius 3 is 2.22 bits per heavy atom. The van der Waals surface area contributed by atoms with E-state index >= 15 is 0 Å². The smallest absolute Gasteiger partial charge is 0.348 e. The summed E-state index contributed by atoms with van der Waals surface area (Å²) in [4.78, 5) is 34.0. The van der Waals surface area contributed by atoms with E-state index in [2.05, 4.69) is 11.3 Å². The van der Waals surface area contributed by atoms with Gasteiger partial charge in [-0.2, -0.15) is 0 Å². The average Bonchev–Trinajstić information content (AvgIpc) is 2.75. The number of hydrogen-bond donors (Lipinski definition) is 3. The summed E-state index contributed by atoms with van der Waals surface area (Å²) < 4.78 is 4.56. The Labute approximate surface area is 134 Å². The molecule has 23 heavy (non-hydrogen) atoms. The van der Waals surface area contributed by atoms with Gasteiger partial charge in [0.1, 0.15) is 5.92 Å². The van der Waals surface area contributed by atoms with Crippen LogP contribution in [0.4, 0.5) is 0 Å². The summed E-state index contributed by atoms with van der Waals surface area (Å²) >= 11 is 0. The Morgan fingerprint density at radius 1 is 1.13 bits per heavy atom. The molecule has 130 valence electrons. The first-order valence-corrected chi connectivity index (χ1v) is 7.85. The number of aliphatic hydroxyl groups is 1. The summed E-state index contributed by atoms with van der Waals surface area (Å²) in [6.45, 7) is 3.65. The van der Waals surface area contributed by atoms with Crippen molar-refractivity contribution in [1.29, 1.82) is 0 Å². The zero-order valence-corrected chi connectivity index (χ0v) is 13.1. The number of carboxylic acid groups (broad SMARTS) is 2. The van der Waals surface area contributed by atoms with Gasteiger partial charge in [0.15, 0.2) is 0 Å². The van der Waals surface area contributed by atoms with E-state index in [0.29, 0.717) is 6.42 Å². The molecule has 1 fully saturated rings. The maximum atomic E-state index is 11.7. The lowest BCUT2D eigenvalue weighted by atomic mass is 9.82. The number of aliphatic carboxylic acids is 2. The number of carboxylic acids is 2. The molecule has 7 heteroatoms. The molecule has 7 nitrogen and oxygen atoms in total. The van der Waals surface area contributed by atoms with Crippen LogP contribution in [0.2, 0.25) is 0 Å². The molecule has 0 aromatic rings. The van der Waals surface area contributed by atoms with Crippen molar-refractivity contribution >= 4 is 17.9 Å². The van der Waals surface area contributed by atoms with Crippen molar-refractivity contribution in [2.45, 2.75) is 63.1 Å². The second kappa shape index (κ2) is 8.67. The minimum Gasteiger partial charge on any atom is -0.479 e. The predicted octanol–water partition coefficient (Wildman–Crippen LogP) is 1.74. The zero-order chi connectivity index (χ0) is 17.5. The lowest BCUT2D eigenvalue weighted by molar-refractivity contribution is -0.179. The lowest BCUT2D eigenvalue weighted by Gasteiger charge is -2.24. The molecule has 3 N–H and O–H groups in total. The molecule has 0 bridgehead atoms. The number of esters is 1. The SMILES string of the molecule is C=CCCCCCCCC[C@@H]1C(=O)O[C@H](C(=O)O)[C@@]1(O)C(=O)O. The third-order valence-electron chi connectivity index (χ3n) is 4.17. The molecule has 0 amide bonds. The highest BCUT2D eigenvalue weighted by molar-refractivity contribution is 5.97. The molecule has 1 heterocycles. The van der Waals surface area contributed by atoms with Gasteiger partial charge in [0, 0.05) is 0 Å². The molecule has 0 unspecified atom stereocenters. The van der Waals surface area contributed by atoms with E-state index in [1.54, 1.807) is 0 Å². The number of carbonyl (C=O) groups excluding carboxylic acids is 1. The molecular formula is C16H24O7. The Balaban J connectivity index is 2.48. The molecule has 1 aliphatic heterocycles. The number of ether oxygens (including phenoxy) is 1. The maximum absolute atomic E-state index is 11.7. The van der Waals surface area contributed by atoms with Crippen LogP contribution in [0.5, 0.6) is 0 Å². The highest BCUT2D eigenvalue weighted by atomic mass is 16.6. The van der Waals surface area contributed by atoms with Crippen LogP contribution in [0.25, 0.3) is 0 Å². The topological polar surface area (TPSA) is 121 Å². The van der Waals surface area contributed by atoms with E-state index in [-0.39, 0.29) is 6.42 Å². The van der Waals surface area contributed by atoms with Crippen LogP contribution in [0.1, 0.15) is 51.4 Å². The Morgan fingerprint density at radius 2 is 1.70 bits per heavy atom. The number of allylic oxidation sites excluding steroid dienone is 1. The molecule has 0 aromatic heterocycles. The highest BCUT2D eigenvalue weighted by Gasteiger charge is 2.64. The van der Waals surface area contributed by atoms with Crippen LogP contribution in [-0.2, 0) is 19.1 Å². The Hall–Kier alpha value is -1.89. The number of rotatable bonds is 11. The first-order valence-electron chi connectivity index (χ1n) is 7.85. The predicted molar refractivity (Wildman–Crippen MR) is 80.7 cm³/mol. The fourth-order valence-electron chi connectivity index (χ4n) is 2.83. The number of carbonyl (C=O) groups is 3. The molecule has 0 aliphatic carbocycles. The van der Waals surface area contributed by atoms with Crippen LogP contribution >= 0.6 is 0 Å². The van der Waals surface area contributed by atoms with E-state index < -0.39 is 35.5 Å². The van der Waals surface area contributed by atoms with Crippen LogP contribution in [0, 0.1) is 5.92 Å². The molecule has 0 spiro atoms.